The summed E-state index contributed by atoms with van der Waals surface area (Å²) < 4.78 is 26.3. The van der Waals surface area contributed by atoms with Crippen LogP contribution in [0.15, 0.2) is 51.7 Å². The Morgan fingerprint density at radius 3 is 2.79 bits per heavy atom. The van der Waals surface area contributed by atoms with Gasteiger partial charge in [-0.25, -0.2) is 4.79 Å². The summed E-state index contributed by atoms with van der Waals surface area (Å²) in [6.45, 7) is 0.208. The van der Waals surface area contributed by atoms with E-state index in [1.165, 1.54) is 13.2 Å². The second-order valence-corrected chi connectivity index (χ2v) is 6.30. The topological polar surface area (TPSA) is 84.2 Å². The highest BCUT2D eigenvalue weighted by molar-refractivity contribution is 5.81. The second kappa shape index (κ2) is 7.64. The number of aryl methyl sites for hydroxylation is 1. The number of ether oxygens (including phenoxy) is 4. The van der Waals surface area contributed by atoms with E-state index in [4.69, 9.17) is 23.4 Å². The van der Waals surface area contributed by atoms with Crippen molar-refractivity contribution in [3.63, 3.8) is 0 Å². The van der Waals surface area contributed by atoms with Crippen molar-refractivity contribution in [2.45, 2.75) is 19.4 Å². The van der Waals surface area contributed by atoms with Crippen molar-refractivity contribution in [1.82, 2.24) is 0 Å². The van der Waals surface area contributed by atoms with Gasteiger partial charge in [-0.15, -0.1) is 0 Å². The molecule has 1 aliphatic rings. The van der Waals surface area contributed by atoms with Crippen molar-refractivity contribution in [1.29, 1.82) is 0 Å². The molecule has 0 N–H and O–H groups in total. The summed E-state index contributed by atoms with van der Waals surface area (Å²) >= 11 is 0. The Balaban J connectivity index is 1.40. The number of rotatable bonds is 6. The molecule has 144 valence electrons. The van der Waals surface area contributed by atoms with Gasteiger partial charge in [0.2, 0.25) is 6.79 Å². The molecule has 0 saturated carbocycles. The maximum absolute atomic E-state index is 12.1. The highest BCUT2D eigenvalue weighted by Crippen LogP contribution is 2.32. The van der Waals surface area contributed by atoms with E-state index in [-0.39, 0.29) is 25.8 Å². The molecule has 2 heterocycles. The first-order valence-corrected chi connectivity index (χ1v) is 8.77. The SMILES string of the molecule is COc1ccc2c(COC(=O)CCc3ccc4c(c3)OCO4)cc(=O)oc2c1. The normalized spacial score (nSPS) is 12.2. The summed E-state index contributed by atoms with van der Waals surface area (Å²) in [7, 11) is 1.53. The predicted octanol–water partition coefficient (Wildman–Crippen LogP) is 3.21. The lowest BCUT2D eigenvalue weighted by molar-refractivity contribution is -0.144. The second-order valence-electron chi connectivity index (χ2n) is 6.30. The van der Waals surface area contributed by atoms with Gasteiger partial charge in [0.15, 0.2) is 11.5 Å². The first-order chi connectivity index (χ1) is 13.6. The van der Waals surface area contributed by atoms with Gasteiger partial charge in [0.05, 0.1) is 7.11 Å². The van der Waals surface area contributed by atoms with Crippen molar-refractivity contribution in [2.24, 2.45) is 0 Å². The monoisotopic (exact) mass is 382 g/mol. The van der Waals surface area contributed by atoms with Crippen LogP contribution in [0.5, 0.6) is 17.2 Å². The van der Waals surface area contributed by atoms with Crippen LogP contribution in [0.1, 0.15) is 17.5 Å². The molecule has 0 amide bonds. The number of fused-ring (bicyclic) bond motifs is 2. The van der Waals surface area contributed by atoms with Gasteiger partial charge in [-0.1, -0.05) is 6.07 Å². The van der Waals surface area contributed by atoms with Gasteiger partial charge in [0.1, 0.15) is 17.9 Å². The number of carbonyl (C=O) groups excluding carboxylic acids is 1. The average molecular weight is 382 g/mol. The minimum absolute atomic E-state index is 0.00555. The molecule has 4 rings (SSSR count). The molecule has 28 heavy (non-hydrogen) atoms. The van der Waals surface area contributed by atoms with E-state index in [9.17, 15) is 9.59 Å². The Kier molecular flexibility index (Phi) is 4.89. The number of hydrogen-bond acceptors (Lipinski definition) is 7. The van der Waals surface area contributed by atoms with Crippen molar-refractivity contribution < 1.29 is 28.2 Å². The fourth-order valence-corrected chi connectivity index (χ4v) is 3.03. The fraction of sp³-hybridized carbons (Fsp3) is 0.238. The van der Waals surface area contributed by atoms with E-state index in [1.54, 1.807) is 18.2 Å². The molecule has 0 aliphatic carbocycles. The van der Waals surface area contributed by atoms with Gasteiger partial charge in [0.25, 0.3) is 0 Å². The summed E-state index contributed by atoms with van der Waals surface area (Å²) in [5.74, 6) is 1.61. The van der Waals surface area contributed by atoms with Crippen LogP contribution in [-0.2, 0) is 22.6 Å². The van der Waals surface area contributed by atoms with Crippen LogP contribution < -0.4 is 19.8 Å². The molecule has 0 unspecified atom stereocenters. The number of benzene rings is 2. The van der Waals surface area contributed by atoms with E-state index in [1.807, 2.05) is 18.2 Å². The molecular weight excluding hydrogens is 364 g/mol. The van der Waals surface area contributed by atoms with Crippen molar-refractivity contribution in [3.05, 3.63) is 64.0 Å². The Morgan fingerprint density at radius 2 is 1.93 bits per heavy atom. The zero-order valence-corrected chi connectivity index (χ0v) is 15.2. The van der Waals surface area contributed by atoms with Crippen molar-refractivity contribution in [3.8, 4) is 17.2 Å². The molecule has 3 aromatic rings. The molecular formula is C21H18O7. The average Bonchev–Trinajstić information content (AvgIpc) is 3.17. The first kappa shape index (κ1) is 17.9. The molecule has 1 aromatic heterocycles. The lowest BCUT2D eigenvalue weighted by Crippen LogP contribution is -2.08. The molecule has 1 aliphatic heterocycles. The van der Waals surface area contributed by atoms with Gasteiger partial charge in [-0.05, 0) is 36.2 Å². The van der Waals surface area contributed by atoms with Crippen molar-refractivity contribution >= 4 is 16.9 Å². The lowest BCUT2D eigenvalue weighted by Gasteiger charge is -2.08. The van der Waals surface area contributed by atoms with E-state index in [0.29, 0.717) is 40.2 Å². The van der Waals surface area contributed by atoms with Gasteiger partial charge in [-0.2, -0.15) is 0 Å². The highest BCUT2D eigenvalue weighted by atomic mass is 16.7. The van der Waals surface area contributed by atoms with Gasteiger partial charge >= 0.3 is 11.6 Å². The van der Waals surface area contributed by atoms with Crippen LogP contribution in [0.4, 0.5) is 0 Å². The Hall–Kier alpha value is -3.48. The third-order valence-corrected chi connectivity index (χ3v) is 4.48. The van der Waals surface area contributed by atoms with E-state index in [0.717, 1.165) is 5.56 Å². The van der Waals surface area contributed by atoms with Crippen LogP contribution >= 0.6 is 0 Å². The molecule has 0 fully saturated rings. The van der Waals surface area contributed by atoms with E-state index in [2.05, 4.69) is 0 Å². The first-order valence-electron chi connectivity index (χ1n) is 8.77. The Morgan fingerprint density at radius 1 is 1.07 bits per heavy atom. The minimum atomic E-state index is -0.507. The summed E-state index contributed by atoms with van der Waals surface area (Å²) in [5, 5.41) is 0.698. The molecule has 0 atom stereocenters. The maximum atomic E-state index is 12.1. The zero-order valence-electron chi connectivity index (χ0n) is 15.2. The third-order valence-electron chi connectivity index (χ3n) is 4.48. The van der Waals surface area contributed by atoms with Gasteiger partial charge in [-0.3, -0.25) is 4.79 Å². The fourth-order valence-electron chi connectivity index (χ4n) is 3.03. The van der Waals surface area contributed by atoms with E-state index < -0.39 is 5.63 Å². The Bertz CT molecular complexity index is 1080. The quantitative estimate of drug-likeness (QED) is 0.478. The van der Waals surface area contributed by atoms with E-state index >= 15 is 0 Å². The molecule has 7 heteroatoms. The largest absolute Gasteiger partial charge is 0.497 e. The van der Waals surface area contributed by atoms with Crippen LogP contribution in [0.2, 0.25) is 0 Å². The number of carbonyl (C=O) groups is 1. The van der Waals surface area contributed by atoms with Crippen LogP contribution in [-0.4, -0.2) is 19.9 Å². The van der Waals surface area contributed by atoms with Crippen molar-refractivity contribution in [2.75, 3.05) is 13.9 Å². The Labute approximate surface area is 160 Å². The third kappa shape index (κ3) is 3.78. The molecule has 0 bridgehead atoms. The summed E-state index contributed by atoms with van der Waals surface area (Å²) in [5.41, 5.74) is 1.43. The minimum Gasteiger partial charge on any atom is -0.497 e. The van der Waals surface area contributed by atoms with Gasteiger partial charge < -0.3 is 23.4 Å². The summed E-state index contributed by atoms with van der Waals surface area (Å²) in [4.78, 5) is 23.9. The molecule has 0 saturated heterocycles. The highest BCUT2D eigenvalue weighted by Gasteiger charge is 2.14. The molecule has 7 nitrogen and oxygen atoms in total. The number of esters is 1. The smallest absolute Gasteiger partial charge is 0.336 e. The number of hydrogen-bond donors (Lipinski definition) is 0. The van der Waals surface area contributed by atoms with Gasteiger partial charge in [0, 0.05) is 29.5 Å². The lowest BCUT2D eigenvalue weighted by atomic mass is 10.1. The molecule has 0 spiro atoms. The number of methoxy groups -OCH3 is 1. The maximum Gasteiger partial charge on any atom is 0.336 e. The zero-order chi connectivity index (χ0) is 19.5. The molecule has 0 radical (unpaired) electrons. The predicted molar refractivity (Wildman–Crippen MR) is 99.7 cm³/mol. The van der Waals surface area contributed by atoms with Crippen LogP contribution in [0, 0.1) is 0 Å². The summed E-state index contributed by atoms with van der Waals surface area (Å²) in [6, 6.07) is 12.1. The van der Waals surface area contributed by atoms with Crippen LogP contribution in [0.3, 0.4) is 0 Å². The standard InChI is InChI=1S/C21H18O7/c1-24-15-4-5-16-14(9-21(23)28-18(16)10-15)11-25-20(22)7-3-13-2-6-17-19(8-13)27-12-26-17/h2,4-6,8-10H,3,7,11-12H2,1H3. The molecule has 2 aromatic carbocycles. The summed E-state index contributed by atoms with van der Waals surface area (Å²) in [6.07, 6.45) is 0.733. The van der Waals surface area contributed by atoms with Crippen LogP contribution in [0.25, 0.3) is 11.0 Å².